The molecule has 5 nitrogen and oxygen atoms in total. The van der Waals surface area contributed by atoms with Crippen molar-refractivity contribution in [2.24, 2.45) is 0 Å². The van der Waals surface area contributed by atoms with Crippen molar-refractivity contribution in [2.75, 3.05) is 13.2 Å². The number of nitrogens with zero attached hydrogens (tertiary/aromatic N) is 2. The van der Waals surface area contributed by atoms with Crippen LogP contribution in [0.15, 0.2) is 30.6 Å². The molecular formula is C13H15N3O2. The van der Waals surface area contributed by atoms with Crippen LogP contribution in [0.4, 0.5) is 0 Å². The third-order valence-electron chi connectivity index (χ3n) is 2.99. The fourth-order valence-corrected chi connectivity index (χ4v) is 1.93. The standard InChI is InChI=1S/C13H15N3O2/c1-2-11(8-18-12-4-6-17-9-12)14-7-10(1)13-3-5-15-16-13/h1-3,5,7,12H,4,6,8-9H2,(H,15,16). The summed E-state index contributed by atoms with van der Waals surface area (Å²) in [6, 6.07) is 5.92. The van der Waals surface area contributed by atoms with Gasteiger partial charge in [0, 0.05) is 24.6 Å². The predicted octanol–water partition coefficient (Wildman–Crippen LogP) is 1.78. The topological polar surface area (TPSA) is 60.0 Å². The van der Waals surface area contributed by atoms with Gasteiger partial charge < -0.3 is 9.47 Å². The van der Waals surface area contributed by atoms with Crippen LogP contribution >= 0.6 is 0 Å². The van der Waals surface area contributed by atoms with Crippen molar-refractivity contribution in [3.8, 4) is 11.3 Å². The molecule has 5 heteroatoms. The first-order chi connectivity index (χ1) is 8.92. The zero-order valence-corrected chi connectivity index (χ0v) is 10.0. The number of ether oxygens (including phenoxy) is 2. The molecule has 2 aromatic heterocycles. The van der Waals surface area contributed by atoms with Gasteiger partial charge in [-0.1, -0.05) is 0 Å². The average molecular weight is 245 g/mol. The smallest absolute Gasteiger partial charge is 0.0892 e. The summed E-state index contributed by atoms with van der Waals surface area (Å²) in [5.41, 5.74) is 2.93. The Morgan fingerprint density at radius 1 is 1.39 bits per heavy atom. The van der Waals surface area contributed by atoms with E-state index in [1.54, 1.807) is 6.20 Å². The number of hydrogen-bond donors (Lipinski definition) is 1. The largest absolute Gasteiger partial charge is 0.379 e. The van der Waals surface area contributed by atoms with E-state index in [0.717, 1.165) is 30.0 Å². The Kier molecular flexibility index (Phi) is 3.34. The summed E-state index contributed by atoms with van der Waals surface area (Å²) in [6.45, 7) is 2.04. The average Bonchev–Trinajstić information content (AvgIpc) is 3.10. The van der Waals surface area contributed by atoms with Gasteiger partial charge in [0.05, 0.1) is 30.7 Å². The molecule has 0 aromatic carbocycles. The quantitative estimate of drug-likeness (QED) is 0.892. The molecule has 1 fully saturated rings. The summed E-state index contributed by atoms with van der Waals surface area (Å²) in [5.74, 6) is 0. The SMILES string of the molecule is c1cc(-c2ccc(COC3CCOC3)nc2)[nH]n1. The van der Waals surface area contributed by atoms with Gasteiger partial charge in [-0.3, -0.25) is 10.1 Å². The molecule has 0 radical (unpaired) electrons. The molecule has 0 amide bonds. The number of aromatic amines is 1. The Hall–Kier alpha value is -1.72. The van der Waals surface area contributed by atoms with Crippen molar-refractivity contribution in [3.05, 3.63) is 36.3 Å². The van der Waals surface area contributed by atoms with E-state index in [4.69, 9.17) is 9.47 Å². The van der Waals surface area contributed by atoms with Crippen LogP contribution in [0.1, 0.15) is 12.1 Å². The van der Waals surface area contributed by atoms with E-state index < -0.39 is 0 Å². The van der Waals surface area contributed by atoms with Crippen molar-refractivity contribution in [3.63, 3.8) is 0 Å². The van der Waals surface area contributed by atoms with Crippen molar-refractivity contribution < 1.29 is 9.47 Å². The molecule has 1 aliphatic heterocycles. The van der Waals surface area contributed by atoms with Crippen LogP contribution in [0.2, 0.25) is 0 Å². The Balaban J connectivity index is 1.60. The number of rotatable bonds is 4. The monoisotopic (exact) mass is 245 g/mol. The van der Waals surface area contributed by atoms with Crippen molar-refractivity contribution in [2.45, 2.75) is 19.1 Å². The van der Waals surface area contributed by atoms with Gasteiger partial charge in [-0.2, -0.15) is 5.10 Å². The summed E-state index contributed by atoms with van der Waals surface area (Å²) >= 11 is 0. The summed E-state index contributed by atoms with van der Waals surface area (Å²) in [4.78, 5) is 4.38. The summed E-state index contributed by atoms with van der Waals surface area (Å²) in [7, 11) is 0. The number of nitrogens with one attached hydrogen (secondary N) is 1. The summed E-state index contributed by atoms with van der Waals surface area (Å²) in [5, 5.41) is 6.83. The van der Waals surface area contributed by atoms with Gasteiger partial charge >= 0.3 is 0 Å². The molecule has 3 heterocycles. The minimum Gasteiger partial charge on any atom is -0.379 e. The van der Waals surface area contributed by atoms with E-state index >= 15 is 0 Å². The normalized spacial score (nSPS) is 19.2. The van der Waals surface area contributed by atoms with Crippen LogP contribution in [-0.4, -0.2) is 34.5 Å². The first-order valence-electron chi connectivity index (χ1n) is 6.06. The molecule has 18 heavy (non-hydrogen) atoms. The van der Waals surface area contributed by atoms with Gasteiger partial charge in [0.1, 0.15) is 0 Å². The molecule has 0 saturated carbocycles. The van der Waals surface area contributed by atoms with Crippen LogP contribution in [0, 0.1) is 0 Å². The molecule has 0 bridgehead atoms. The lowest BCUT2D eigenvalue weighted by molar-refractivity contribution is 0.0301. The lowest BCUT2D eigenvalue weighted by Gasteiger charge is -2.09. The highest BCUT2D eigenvalue weighted by molar-refractivity contribution is 5.56. The fraction of sp³-hybridized carbons (Fsp3) is 0.385. The molecule has 1 N–H and O–H groups in total. The van der Waals surface area contributed by atoms with Gasteiger partial charge in [-0.25, -0.2) is 0 Å². The minimum atomic E-state index is 0.221. The van der Waals surface area contributed by atoms with Crippen LogP contribution in [0.5, 0.6) is 0 Å². The maximum atomic E-state index is 5.71. The highest BCUT2D eigenvalue weighted by Gasteiger charge is 2.15. The highest BCUT2D eigenvalue weighted by atomic mass is 16.5. The van der Waals surface area contributed by atoms with Gasteiger partial charge in [-0.05, 0) is 24.6 Å². The lowest BCUT2D eigenvalue weighted by atomic mass is 10.2. The second-order valence-electron chi connectivity index (χ2n) is 4.31. The molecule has 1 saturated heterocycles. The molecule has 0 spiro atoms. The number of hydrogen-bond acceptors (Lipinski definition) is 4. The predicted molar refractivity (Wildman–Crippen MR) is 65.8 cm³/mol. The molecule has 2 aromatic rings. The van der Waals surface area contributed by atoms with Gasteiger partial charge in [-0.15, -0.1) is 0 Å². The van der Waals surface area contributed by atoms with Crippen molar-refractivity contribution >= 4 is 0 Å². The van der Waals surface area contributed by atoms with E-state index in [0.29, 0.717) is 13.2 Å². The van der Waals surface area contributed by atoms with E-state index in [1.807, 2.05) is 24.4 Å². The van der Waals surface area contributed by atoms with Crippen molar-refractivity contribution in [1.82, 2.24) is 15.2 Å². The van der Waals surface area contributed by atoms with E-state index in [9.17, 15) is 0 Å². The third-order valence-corrected chi connectivity index (χ3v) is 2.99. The number of H-pyrrole nitrogens is 1. The van der Waals surface area contributed by atoms with Gasteiger partial charge in [0.15, 0.2) is 0 Å². The van der Waals surface area contributed by atoms with E-state index in [1.165, 1.54) is 0 Å². The second kappa shape index (κ2) is 5.29. The molecular weight excluding hydrogens is 230 g/mol. The second-order valence-corrected chi connectivity index (χ2v) is 4.31. The molecule has 94 valence electrons. The highest BCUT2D eigenvalue weighted by Crippen LogP contribution is 2.16. The zero-order valence-electron chi connectivity index (χ0n) is 10.0. The number of aromatic nitrogens is 3. The van der Waals surface area contributed by atoms with Crippen LogP contribution in [0.25, 0.3) is 11.3 Å². The van der Waals surface area contributed by atoms with Gasteiger partial charge in [0.25, 0.3) is 0 Å². The maximum Gasteiger partial charge on any atom is 0.0892 e. The zero-order chi connectivity index (χ0) is 12.2. The molecule has 1 aliphatic rings. The maximum absolute atomic E-state index is 5.71. The summed E-state index contributed by atoms with van der Waals surface area (Å²) in [6.07, 6.45) is 4.76. The number of pyridine rings is 1. The Morgan fingerprint density at radius 3 is 3.06 bits per heavy atom. The molecule has 1 atom stereocenters. The lowest BCUT2D eigenvalue weighted by Crippen LogP contribution is -2.12. The van der Waals surface area contributed by atoms with E-state index in [-0.39, 0.29) is 6.10 Å². The minimum absolute atomic E-state index is 0.221. The Morgan fingerprint density at radius 2 is 2.39 bits per heavy atom. The first kappa shape index (κ1) is 11.4. The van der Waals surface area contributed by atoms with Crippen LogP contribution in [-0.2, 0) is 16.1 Å². The molecule has 3 rings (SSSR count). The Labute approximate surface area is 105 Å². The van der Waals surface area contributed by atoms with Crippen molar-refractivity contribution in [1.29, 1.82) is 0 Å². The van der Waals surface area contributed by atoms with Crippen LogP contribution < -0.4 is 0 Å². The summed E-state index contributed by atoms with van der Waals surface area (Å²) < 4.78 is 11.0. The molecule has 1 unspecified atom stereocenters. The first-order valence-corrected chi connectivity index (χ1v) is 6.06. The van der Waals surface area contributed by atoms with Crippen LogP contribution in [0.3, 0.4) is 0 Å². The van der Waals surface area contributed by atoms with Gasteiger partial charge in [0.2, 0.25) is 0 Å². The molecule has 0 aliphatic carbocycles. The Bertz CT molecular complexity index is 475. The third kappa shape index (κ3) is 2.57. The van der Waals surface area contributed by atoms with E-state index in [2.05, 4.69) is 15.2 Å². The fourth-order valence-electron chi connectivity index (χ4n) is 1.93.